The van der Waals surface area contributed by atoms with Crippen LogP contribution in [0.5, 0.6) is 0 Å². The summed E-state index contributed by atoms with van der Waals surface area (Å²) >= 11 is 0. The van der Waals surface area contributed by atoms with Gasteiger partial charge in [0.1, 0.15) is 11.7 Å². The average Bonchev–Trinajstić information content (AvgIpc) is 3.38. The molecular formula is C24H35N7O3. The van der Waals surface area contributed by atoms with Crippen molar-refractivity contribution >= 4 is 22.9 Å². The molecule has 0 bridgehead atoms. The lowest BCUT2D eigenvalue weighted by Crippen LogP contribution is -2.40. The first-order valence-corrected chi connectivity index (χ1v) is 12.1. The minimum atomic E-state index is -0.936. The standard InChI is InChI=1S/C24H35N7O3/c1-4-26-24(33)21-17(32)12-19(34-21)31-14-27-20-22(25)28-18(29-23(20)31)7-5-6-15-8-10-16(11-9-15)13-30(2)3/h14-17,19,21,32H,4,6,8-13H2,1-3H3,(H,26,33)(H2,25,28,29)/t15?,16?,17-,19-,21+/m1/s1. The van der Waals surface area contributed by atoms with Crippen LogP contribution in [0.1, 0.15) is 57.5 Å². The van der Waals surface area contributed by atoms with Crippen LogP contribution in [0.4, 0.5) is 5.82 Å². The maximum absolute atomic E-state index is 12.2. The van der Waals surface area contributed by atoms with Gasteiger partial charge in [-0.2, -0.15) is 0 Å². The van der Waals surface area contributed by atoms with Crippen LogP contribution in [0.15, 0.2) is 6.33 Å². The van der Waals surface area contributed by atoms with Crippen LogP contribution in [0.3, 0.4) is 0 Å². The Hall–Kier alpha value is -2.74. The van der Waals surface area contributed by atoms with Crippen molar-refractivity contribution in [3.63, 3.8) is 0 Å². The molecule has 0 radical (unpaired) electrons. The molecule has 3 atom stereocenters. The lowest BCUT2D eigenvalue weighted by atomic mass is 9.80. The maximum atomic E-state index is 12.2. The number of carbonyl (C=O) groups is 1. The zero-order valence-electron chi connectivity index (χ0n) is 20.2. The number of nitrogens with two attached hydrogens (primary N) is 1. The summed E-state index contributed by atoms with van der Waals surface area (Å²) in [6, 6.07) is 0. The summed E-state index contributed by atoms with van der Waals surface area (Å²) in [5.41, 5.74) is 7.06. The number of ether oxygens (including phenoxy) is 1. The van der Waals surface area contributed by atoms with Crippen LogP contribution in [-0.4, -0.2) is 74.8 Å². The third-order valence-corrected chi connectivity index (χ3v) is 6.64. The Labute approximate surface area is 200 Å². The average molecular weight is 470 g/mol. The van der Waals surface area contributed by atoms with Crippen LogP contribution < -0.4 is 11.1 Å². The van der Waals surface area contributed by atoms with Gasteiger partial charge in [0.2, 0.25) is 5.82 Å². The molecule has 1 aliphatic carbocycles. The number of aliphatic hydroxyl groups excluding tert-OH is 1. The summed E-state index contributed by atoms with van der Waals surface area (Å²) < 4.78 is 7.52. The molecule has 0 aromatic carbocycles. The molecule has 4 N–H and O–H groups in total. The number of fused-ring (bicyclic) bond motifs is 1. The Kier molecular flexibility index (Phi) is 7.66. The van der Waals surface area contributed by atoms with Gasteiger partial charge in [0.25, 0.3) is 5.91 Å². The van der Waals surface area contributed by atoms with Crippen molar-refractivity contribution in [1.82, 2.24) is 29.7 Å². The molecule has 2 aliphatic rings. The molecule has 1 saturated heterocycles. The lowest BCUT2D eigenvalue weighted by Gasteiger charge is -2.29. The first-order chi connectivity index (χ1) is 16.4. The van der Waals surface area contributed by atoms with Crippen molar-refractivity contribution in [1.29, 1.82) is 0 Å². The zero-order chi connectivity index (χ0) is 24.2. The van der Waals surface area contributed by atoms with E-state index >= 15 is 0 Å². The monoisotopic (exact) mass is 469 g/mol. The van der Waals surface area contributed by atoms with E-state index in [2.05, 4.69) is 51.1 Å². The second-order valence-corrected chi connectivity index (χ2v) is 9.62. The number of carbonyl (C=O) groups excluding carboxylic acids is 1. The summed E-state index contributed by atoms with van der Waals surface area (Å²) in [6.45, 7) is 3.44. The Balaban J connectivity index is 1.44. The first-order valence-electron chi connectivity index (χ1n) is 12.1. The van der Waals surface area contributed by atoms with Gasteiger partial charge in [-0.3, -0.25) is 9.36 Å². The van der Waals surface area contributed by atoms with Gasteiger partial charge in [0.05, 0.1) is 12.4 Å². The van der Waals surface area contributed by atoms with Crippen molar-refractivity contribution in [3.8, 4) is 11.8 Å². The van der Waals surface area contributed by atoms with E-state index in [0.717, 1.165) is 18.9 Å². The van der Waals surface area contributed by atoms with Gasteiger partial charge >= 0.3 is 0 Å². The van der Waals surface area contributed by atoms with Crippen LogP contribution >= 0.6 is 0 Å². The highest BCUT2D eigenvalue weighted by Crippen LogP contribution is 2.32. The second kappa shape index (κ2) is 10.7. The Bertz CT molecular complexity index is 1070. The highest BCUT2D eigenvalue weighted by Gasteiger charge is 2.40. The van der Waals surface area contributed by atoms with E-state index in [0.29, 0.717) is 29.5 Å². The number of likely N-dealkylation sites (N-methyl/N-ethyl adjacent to an activating group) is 1. The van der Waals surface area contributed by atoms with Crippen molar-refractivity contribution in [2.45, 2.75) is 63.9 Å². The number of rotatable bonds is 6. The second-order valence-electron chi connectivity index (χ2n) is 9.62. The number of imidazole rings is 1. The number of anilines is 1. The SMILES string of the molecule is CCNC(=O)[C@H]1O[C@@H](n2cnc3c(N)nc(C#CCC4CCC(CN(C)C)CC4)nc32)C[C@H]1O. The van der Waals surface area contributed by atoms with Gasteiger partial charge in [-0.1, -0.05) is 5.92 Å². The van der Waals surface area contributed by atoms with Gasteiger partial charge in [-0.15, -0.1) is 0 Å². The zero-order valence-corrected chi connectivity index (χ0v) is 20.2. The van der Waals surface area contributed by atoms with Crippen molar-refractivity contribution < 1.29 is 14.6 Å². The third kappa shape index (κ3) is 5.49. The number of hydrogen-bond acceptors (Lipinski definition) is 8. The number of nitrogen functional groups attached to an aromatic ring is 1. The predicted molar refractivity (Wildman–Crippen MR) is 128 cm³/mol. The Morgan fingerprint density at radius 1 is 1.29 bits per heavy atom. The largest absolute Gasteiger partial charge is 0.390 e. The van der Waals surface area contributed by atoms with E-state index in [4.69, 9.17) is 10.5 Å². The maximum Gasteiger partial charge on any atom is 0.251 e. The fourth-order valence-corrected chi connectivity index (χ4v) is 4.95. The summed E-state index contributed by atoms with van der Waals surface area (Å²) in [5.74, 6) is 7.97. The van der Waals surface area contributed by atoms with Crippen molar-refractivity contribution in [2.24, 2.45) is 11.8 Å². The number of nitrogens with one attached hydrogen (secondary N) is 1. The van der Waals surface area contributed by atoms with Gasteiger partial charge in [0, 0.05) is 25.9 Å². The highest BCUT2D eigenvalue weighted by atomic mass is 16.5. The molecular weight excluding hydrogens is 434 g/mol. The summed E-state index contributed by atoms with van der Waals surface area (Å²) in [4.78, 5) is 27.6. The van der Waals surface area contributed by atoms with Crippen LogP contribution in [0, 0.1) is 23.7 Å². The van der Waals surface area contributed by atoms with E-state index in [1.807, 2.05) is 6.92 Å². The van der Waals surface area contributed by atoms with Gasteiger partial charge in [0.15, 0.2) is 17.6 Å². The number of amides is 1. The predicted octanol–water partition coefficient (Wildman–Crippen LogP) is 1.30. The first kappa shape index (κ1) is 24.4. The molecule has 3 heterocycles. The molecule has 2 fully saturated rings. The van der Waals surface area contributed by atoms with Gasteiger partial charge < -0.3 is 25.8 Å². The molecule has 0 spiro atoms. The topological polar surface area (TPSA) is 131 Å². The molecule has 2 aromatic rings. The van der Waals surface area contributed by atoms with E-state index in [9.17, 15) is 9.90 Å². The quantitative estimate of drug-likeness (QED) is 0.540. The molecule has 1 amide bonds. The third-order valence-electron chi connectivity index (χ3n) is 6.64. The molecule has 1 saturated carbocycles. The summed E-state index contributed by atoms with van der Waals surface area (Å²) in [5, 5.41) is 13.0. The van der Waals surface area contributed by atoms with E-state index in [-0.39, 0.29) is 18.1 Å². The van der Waals surface area contributed by atoms with E-state index in [1.54, 1.807) is 10.9 Å². The van der Waals surface area contributed by atoms with Crippen LogP contribution in [-0.2, 0) is 9.53 Å². The molecule has 34 heavy (non-hydrogen) atoms. The smallest absolute Gasteiger partial charge is 0.251 e. The molecule has 184 valence electrons. The minimum Gasteiger partial charge on any atom is -0.390 e. The molecule has 10 heteroatoms. The molecule has 0 unspecified atom stereocenters. The molecule has 2 aromatic heterocycles. The van der Waals surface area contributed by atoms with Gasteiger partial charge in [-0.25, -0.2) is 15.0 Å². The molecule has 4 rings (SSSR count). The molecule has 10 nitrogen and oxygen atoms in total. The fourth-order valence-electron chi connectivity index (χ4n) is 4.95. The van der Waals surface area contributed by atoms with Crippen molar-refractivity contribution in [3.05, 3.63) is 12.2 Å². The number of aliphatic hydroxyl groups is 1. The normalized spacial score (nSPS) is 27.0. The van der Waals surface area contributed by atoms with Crippen LogP contribution in [0.2, 0.25) is 0 Å². The Morgan fingerprint density at radius 2 is 2.03 bits per heavy atom. The minimum absolute atomic E-state index is 0.245. The van der Waals surface area contributed by atoms with Crippen molar-refractivity contribution in [2.75, 3.05) is 32.9 Å². The van der Waals surface area contributed by atoms with E-state index in [1.165, 1.54) is 25.7 Å². The number of aromatic nitrogens is 4. The highest BCUT2D eigenvalue weighted by molar-refractivity contribution is 5.83. The van der Waals surface area contributed by atoms with Gasteiger partial charge in [-0.05, 0) is 64.5 Å². The molecule has 1 aliphatic heterocycles. The number of hydrogen-bond donors (Lipinski definition) is 3. The number of nitrogens with zero attached hydrogens (tertiary/aromatic N) is 5. The summed E-state index contributed by atoms with van der Waals surface area (Å²) in [7, 11) is 4.27. The van der Waals surface area contributed by atoms with E-state index < -0.39 is 18.4 Å². The Morgan fingerprint density at radius 3 is 2.74 bits per heavy atom. The lowest BCUT2D eigenvalue weighted by molar-refractivity contribution is -0.137. The summed E-state index contributed by atoms with van der Waals surface area (Å²) in [6.07, 6.45) is 5.10. The fraction of sp³-hybridized carbons (Fsp3) is 0.667. The van der Waals surface area contributed by atoms with Crippen LogP contribution in [0.25, 0.3) is 11.2 Å².